The fourth-order valence-electron chi connectivity index (χ4n) is 3.47. The molecule has 7 nitrogen and oxygen atoms in total. The van der Waals surface area contributed by atoms with E-state index in [1.807, 2.05) is 31.5 Å². The minimum Gasteiger partial charge on any atom is -0.495 e. The molecule has 0 saturated heterocycles. The molecule has 0 fully saturated rings. The monoisotopic (exact) mass is 483 g/mol. The molecular formula is C24H22ClN3O4S. The van der Waals surface area contributed by atoms with Gasteiger partial charge < -0.3 is 13.7 Å². The Morgan fingerprint density at radius 1 is 1.27 bits per heavy atom. The molecule has 1 aliphatic rings. The Kier molecular flexibility index (Phi) is 6.49. The first kappa shape index (κ1) is 22.9. The minimum atomic E-state index is -0.339. The molecule has 1 amide bonds. The highest BCUT2D eigenvalue weighted by molar-refractivity contribution is 8.14. The van der Waals surface area contributed by atoms with Gasteiger partial charge in [0, 0.05) is 30.1 Å². The van der Waals surface area contributed by atoms with E-state index in [1.54, 1.807) is 36.4 Å². The second-order valence-electron chi connectivity index (χ2n) is 7.45. The zero-order chi connectivity index (χ0) is 23.7. The molecule has 3 aromatic rings. The third-order valence-electron chi connectivity index (χ3n) is 5.45. The quantitative estimate of drug-likeness (QED) is 0.353. The second-order valence-corrected chi connectivity index (χ2v) is 8.80. The van der Waals surface area contributed by atoms with Crippen molar-refractivity contribution in [2.75, 3.05) is 17.8 Å². The van der Waals surface area contributed by atoms with Crippen LogP contribution in [0.15, 0.2) is 57.8 Å². The zero-order valence-electron chi connectivity index (χ0n) is 18.6. The van der Waals surface area contributed by atoms with Crippen molar-refractivity contribution in [1.82, 2.24) is 4.57 Å². The first-order valence-corrected chi connectivity index (χ1v) is 11.5. The van der Waals surface area contributed by atoms with Gasteiger partial charge in [-0.25, -0.2) is 4.99 Å². The molecule has 0 spiro atoms. The number of aromatic nitrogens is 1. The average Bonchev–Trinajstić information content (AvgIpc) is 3.48. The summed E-state index contributed by atoms with van der Waals surface area (Å²) in [5.41, 5.74) is 3.31. The van der Waals surface area contributed by atoms with E-state index in [1.165, 1.54) is 30.0 Å². The first-order valence-electron chi connectivity index (χ1n) is 10.1. The lowest BCUT2D eigenvalue weighted by molar-refractivity contribution is -0.113. The summed E-state index contributed by atoms with van der Waals surface area (Å²) in [6.07, 6.45) is 3.09. The van der Waals surface area contributed by atoms with Crippen molar-refractivity contribution in [3.63, 3.8) is 0 Å². The number of ether oxygens (including phenoxy) is 1. The molecule has 0 unspecified atom stereocenters. The number of hydrogen-bond donors (Lipinski definition) is 0. The molecule has 3 heterocycles. The van der Waals surface area contributed by atoms with Crippen LogP contribution in [0.2, 0.25) is 5.02 Å². The van der Waals surface area contributed by atoms with Crippen LogP contribution in [-0.4, -0.2) is 34.3 Å². The van der Waals surface area contributed by atoms with E-state index in [2.05, 4.69) is 4.99 Å². The molecule has 2 aromatic heterocycles. The van der Waals surface area contributed by atoms with Crippen LogP contribution in [0.25, 0.3) is 6.08 Å². The van der Waals surface area contributed by atoms with Gasteiger partial charge in [-0.05, 0) is 50.2 Å². The number of amides is 1. The predicted molar refractivity (Wildman–Crippen MR) is 131 cm³/mol. The highest BCUT2D eigenvalue weighted by atomic mass is 35.5. The smallest absolute Gasteiger partial charge is 0.283 e. The molecule has 33 heavy (non-hydrogen) atoms. The van der Waals surface area contributed by atoms with E-state index < -0.39 is 0 Å². The molecule has 4 rings (SSSR count). The number of aliphatic imine (C=N–C) groups is 1. The lowest BCUT2D eigenvalue weighted by Crippen LogP contribution is -2.30. The van der Waals surface area contributed by atoms with Crippen molar-refractivity contribution in [2.45, 2.75) is 13.8 Å². The van der Waals surface area contributed by atoms with Crippen LogP contribution in [0.1, 0.15) is 27.5 Å². The van der Waals surface area contributed by atoms with E-state index in [4.69, 9.17) is 20.8 Å². The van der Waals surface area contributed by atoms with Crippen molar-refractivity contribution in [2.24, 2.45) is 12.0 Å². The highest BCUT2D eigenvalue weighted by Gasteiger charge is 2.33. The normalized spacial score (nSPS) is 14.8. The fraction of sp³-hybridized carbons (Fsp3) is 0.208. The van der Waals surface area contributed by atoms with Crippen molar-refractivity contribution in [3.8, 4) is 5.75 Å². The third kappa shape index (κ3) is 4.49. The van der Waals surface area contributed by atoms with E-state index in [9.17, 15) is 9.59 Å². The number of thioether (sulfide) groups is 1. The number of aryl methyl sites for hydroxylation is 1. The maximum Gasteiger partial charge on any atom is 0.283 e. The average molecular weight is 484 g/mol. The lowest BCUT2D eigenvalue weighted by atomic mass is 10.2. The Balaban J connectivity index is 1.65. The van der Waals surface area contributed by atoms with Crippen LogP contribution >= 0.6 is 23.4 Å². The Bertz CT molecular complexity index is 1290. The van der Waals surface area contributed by atoms with E-state index in [-0.39, 0.29) is 23.1 Å². The standard InChI is InChI=1S/C24H22ClN3O4S/c1-14-10-18(15(2)27(14)3)21(29)13-33-24-26-20(12-17-6-5-9-32-17)23(30)28(24)16-7-8-22(31-4)19(25)11-16/h5-12H,13H2,1-4H3/b20-12+. The molecule has 1 aromatic carbocycles. The molecular weight excluding hydrogens is 462 g/mol. The molecule has 170 valence electrons. The number of amidine groups is 1. The zero-order valence-corrected chi connectivity index (χ0v) is 20.2. The second kappa shape index (κ2) is 9.33. The van der Waals surface area contributed by atoms with Gasteiger partial charge in [-0.1, -0.05) is 23.4 Å². The third-order valence-corrected chi connectivity index (χ3v) is 6.69. The van der Waals surface area contributed by atoms with Gasteiger partial charge in [-0.2, -0.15) is 0 Å². The van der Waals surface area contributed by atoms with Crippen molar-refractivity contribution < 1.29 is 18.7 Å². The fourth-order valence-corrected chi connectivity index (χ4v) is 4.62. The van der Waals surface area contributed by atoms with Gasteiger partial charge in [-0.15, -0.1) is 0 Å². The van der Waals surface area contributed by atoms with Crippen LogP contribution in [-0.2, 0) is 11.8 Å². The van der Waals surface area contributed by atoms with Gasteiger partial charge in [-0.3, -0.25) is 14.5 Å². The Morgan fingerprint density at radius 3 is 2.67 bits per heavy atom. The first-order chi connectivity index (χ1) is 15.8. The summed E-state index contributed by atoms with van der Waals surface area (Å²) in [7, 11) is 3.45. The number of hydrogen-bond acceptors (Lipinski definition) is 6. The van der Waals surface area contributed by atoms with Crippen LogP contribution in [0.5, 0.6) is 5.75 Å². The number of methoxy groups -OCH3 is 1. The maximum absolute atomic E-state index is 13.3. The van der Waals surface area contributed by atoms with Crippen LogP contribution in [0.4, 0.5) is 5.69 Å². The number of carbonyl (C=O) groups excluding carboxylic acids is 2. The summed E-state index contributed by atoms with van der Waals surface area (Å²) in [4.78, 5) is 32.1. The Labute approximate surface area is 200 Å². The number of benzene rings is 1. The lowest BCUT2D eigenvalue weighted by Gasteiger charge is -2.18. The maximum atomic E-state index is 13.3. The molecule has 0 N–H and O–H groups in total. The number of furan rings is 1. The molecule has 0 aliphatic carbocycles. The van der Waals surface area contributed by atoms with Gasteiger partial charge in [0.1, 0.15) is 17.2 Å². The topological polar surface area (TPSA) is 77.0 Å². The van der Waals surface area contributed by atoms with E-state index in [0.717, 1.165) is 11.4 Å². The van der Waals surface area contributed by atoms with Crippen molar-refractivity contribution in [3.05, 3.63) is 76.1 Å². The van der Waals surface area contributed by atoms with Crippen molar-refractivity contribution in [1.29, 1.82) is 0 Å². The van der Waals surface area contributed by atoms with Crippen LogP contribution in [0.3, 0.4) is 0 Å². The predicted octanol–water partition coefficient (Wildman–Crippen LogP) is 5.26. The van der Waals surface area contributed by atoms with Gasteiger partial charge >= 0.3 is 0 Å². The summed E-state index contributed by atoms with van der Waals surface area (Å²) >= 11 is 7.50. The van der Waals surface area contributed by atoms with Gasteiger partial charge in [0.05, 0.1) is 29.8 Å². The molecule has 0 radical (unpaired) electrons. The Morgan fingerprint density at radius 2 is 2.06 bits per heavy atom. The summed E-state index contributed by atoms with van der Waals surface area (Å²) in [6, 6.07) is 10.4. The molecule has 0 atom stereocenters. The van der Waals surface area contributed by atoms with Gasteiger partial charge in [0.2, 0.25) is 0 Å². The number of nitrogens with zero attached hydrogens (tertiary/aromatic N) is 3. The summed E-state index contributed by atoms with van der Waals surface area (Å²) in [5.74, 6) is 0.759. The summed E-state index contributed by atoms with van der Waals surface area (Å²) in [6.45, 7) is 3.87. The molecule has 9 heteroatoms. The summed E-state index contributed by atoms with van der Waals surface area (Å²) < 4.78 is 12.5. The highest BCUT2D eigenvalue weighted by Crippen LogP contribution is 2.34. The van der Waals surface area contributed by atoms with Crippen molar-refractivity contribution >= 4 is 52.0 Å². The van der Waals surface area contributed by atoms with Gasteiger partial charge in [0.25, 0.3) is 5.91 Å². The summed E-state index contributed by atoms with van der Waals surface area (Å²) in [5, 5.41) is 0.750. The number of halogens is 1. The number of Topliss-reactive ketones (excluding diaryl/α,β-unsaturated/α-hetero) is 1. The number of anilines is 1. The number of ketones is 1. The number of rotatable bonds is 6. The SMILES string of the molecule is COc1ccc(N2C(=O)/C(=C\c3ccco3)N=C2SCC(=O)c2cc(C)n(C)c2C)cc1Cl. The minimum absolute atomic E-state index is 0.0347. The van der Waals surface area contributed by atoms with Crippen LogP contribution < -0.4 is 9.64 Å². The largest absolute Gasteiger partial charge is 0.495 e. The van der Waals surface area contributed by atoms with Crippen LogP contribution in [0, 0.1) is 13.8 Å². The molecule has 1 aliphatic heterocycles. The Hall–Kier alpha value is -3.23. The molecule has 0 bridgehead atoms. The number of carbonyl (C=O) groups is 2. The van der Waals surface area contributed by atoms with Gasteiger partial charge in [0.15, 0.2) is 11.0 Å². The van der Waals surface area contributed by atoms with E-state index >= 15 is 0 Å². The molecule has 0 saturated carbocycles. The van der Waals surface area contributed by atoms with E-state index in [0.29, 0.717) is 33.0 Å².